The fourth-order valence-electron chi connectivity index (χ4n) is 6.86. The maximum absolute atomic E-state index is 13.8. The Kier molecular flexibility index (Phi) is 16.4. The van der Waals surface area contributed by atoms with E-state index in [0.717, 1.165) is 54.7 Å². The largest absolute Gasteiger partial charge is 0.444 e. The average molecular weight is 784 g/mol. The summed E-state index contributed by atoms with van der Waals surface area (Å²) in [6.45, 7) is 15.4. The van der Waals surface area contributed by atoms with Gasteiger partial charge in [0.05, 0.1) is 0 Å². The highest BCUT2D eigenvalue weighted by Gasteiger charge is 2.30. The smallest absolute Gasteiger partial charge is 0.407 e. The minimum atomic E-state index is -0.868. The van der Waals surface area contributed by atoms with Crippen molar-refractivity contribution < 1.29 is 23.9 Å². The zero-order chi connectivity index (χ0) is 41.5. The molecule has 0 aromatic heterocycles. The summed E-state index contributed by atoms with van der Waals surface area (Å²) >= 11 is 0. The number of hydrazone groups is 1. The number of hydrogen-bond donors (Lipinski definition) is 7. The molecule has 0 spiro atoms. The number of hydrazine groups is 1. The van der Waals surface area contributed by atoms with Gasteiger partial charge in [0.15, 0.2) is 5.84 Å². The molecule has 1 aliphatic carbocycles. The Morgan fingerprint density at radius 3 is 2.16 bits per heavy atom. The Morgan fingerprint density at radius 2 is 1.54 bits per heavy atom. The summed E-state index contributed by atoms with van der Waals surface area (Å²) in [5.74, 6) is 4.75. The van der Waals surface area contributed by atoms with Crippen LogP contribution in [-0.4, -0.2) is 78.9 Å². The van der Waals surface area contributed by atoms with Crippen molar-refractivity contribution in [3.8, 4) is 11.1 Å². The Morgan fingerprint density at radius 1 is 0.895 bits per heavy atom. The number of anilines is 1. The minimum Gasteiger partial charge on any atom is -0.444 e. The molecule has 0 bridgehead atoms. The maximum Gasteiger partial charge on any atom is 0.407 e. The molecule has 0 radical (unpaired) electrons. The van der Waals surface area contributed by atoms with E-state index < -0.39 is 17.7 Å². The van der Waals surface area contributed by atoms with Crippen LogP contribution in [0.4, 0.5) is 10.5 Å². The van der Waals surface area contributed by atoms with Crippen LogP contribution in [-0.2, 0) is 20.7 Å². The van der Waals surface area contributed by atoms with Gasteiger partial charge < -0.3 is 36.6 Å². The van der Waals surface area contributed by atoms with E-state index in [9.17, 15) is 19.2 Å². The van der Waals surface area contributed by atoms with E-state index in [-0.39, 0.29) is 41.8 Å². The monoisotopic (exact) mass is 783 g/mol. The number of nitrogens with two attached hydrogens (primary N) is 2. The third-order valence-electron chi connectivity index (χ3n) is 10.2. The zero-order valence-corrected chi connectivity index (χ0v) is 34.2. The van der Waals surface area contributed by atoms with Crippen LogP contribution in [0.25, 0.3) is 11.1 Å². The molecule has 1 saturated carbocycles. The number of hydrogen-bond acceptors (Lipinski definition) is 9. The van der Waals surface area contributed by atoms with Crippen molar-refractivity contribution in [1.82, 2.24) is 26.4 Å². The first kappa shape index (κ1) is 44.2. The lowest BCUT2D eigenvalue weighted by molar-refractivity contribution is -0.130. The number of nitrogens with one attached hydrogen (secondary N) is 5. The number of alkyl carbamates (subject to hydrolysis) is 1. The van der Waals surface area contributed by atoms with Crippen LogP contribution in [0.3, 0.4) is 0 Å². The standard InChI is InChI=1S/C43H61N9O5/c1-7-52(8-2)24-23-46-39(53)34-14-9-28(3)36(26-34)31-15-10-29(11-16-31)25-37(41(55)48-35-21-19-32(20-22-35)38(44)50-51-45)49-40(54)33-17-12-30(13-18-33)27-47-42(56)57-43(4,5)6/h9-11,14-16,19-22,26,30,33,37,51H,7-8,12-13,17-18,23-25,27,45H2,1-6H3,(H2,44,50)(H,46,53)(H,47,56)(H,48,55)(H,49,54)/t30?,33?,37-/m0/s1. The molecular formula is C43H61N9O5. The highest BCUT2D eigenvalue weighted by Crippen LogP contribution is 2.29. The summed E-state index contributed by atoms with van der Waals surface area (Å²) in [7, 11) is 0. The van der Waals surface area contributed by atoms with Crippen LogP contribution in [0.1, 0.15) is 87.4 Å². The average Bonchev–Trinajstić information content (AvgIpc) is 3.18. The predicted molar refractivity (Wildman–Crippen MR) is 225 cm³/mol. The number of ether oxygens (including phenoxy) is 1. The minimum absolute atomic E-state index is 0.116. The fourth-order valence-corrected chi connectivity index (χ4v) is 6.86. The first-order valence-corrected chi connectivity index (χ1v) is 19.9. The normalized spacial score (nSPS) is 16.3. The molecule has 1 fully saturated rings. The van der Waals surface area contributed by atoms with Gasteiger partial charge in [0.25, 0.3) is 5.91 Å². The van der Waals surface area contributed by atoms with Gasteiger partial charge in [0.1, 0.15) is 11.6 Å². The number of amidine groups is 1. The molecule has 3 aromatic carbocycles. The molecule has 9 N–H and O–H groups in total. The Balaban J connectivity index is 1.45. The molecular weight excluding hydrogens is 723 g/mol. The van der Waals surface area contributed by atoms with Gasteiger partial charge in [-0.25, -0.2) is 16.2 Å². The number of aryl methyl sites for hydroxylation is 1. The van der Waals surface area contributed by atoms with Crippen molar-refractivity contribution >= 4 is 35.3 Å². The van der Waals surface area contributed by atoms with Gasteiger partial charge >= 0.3 is 6.09 Å². The van der Waals surface area contributed by atoms with Crippen molar-refractivity contribution in [1.29, 1.82) is 0 Å². The second kappa shape index (κ2) is 21.2. The molecule has 0 saturated heterocycles. The molecule has 14 nitrogen and oxygen atoms in total. The summed E-state index contributed by atoms with van der Waals surface area (Å²) in [4.78, 5) is 55.0. The summed E-state index contributed by atoms with van der Waals surface area (Å²) in [5, 5.41) is 15.7. The number of carbonyl (C=O) groups excluding carboxylic acids is 4. The van der Waals surface area contributed by atoms with E-state index in [1.54, 1.807) is 24.3 Å². The number of carbonyl (C=O) groups is 4. The van der Waals surface area contributed by atoms with E-state index in [1.807, 2.05) is 70.2 Å². The molecule has 3 aromatic rings. The molecule has 4 rings (SSSR count). The topological polar surface area (TPSA) is 205 Å². The number of likely N-dealkylation sites (N-methyl/N-ethyl adjacent to an activating group) is 1. The lowest BCUT2D eigenvalue weighted by Gasteiger charge is -2.29. The molecule has 0 heterocycles. The lowest BCUT2D eigenvalue weighted by atomic mass is 9.81. The van der Waals surface area contributed by atoms with Crippen LogP contribution < -0.4 is 38.4 Å². The van der Waals surface area contributed by atoms with Gasteiger partial charge in [0.2, 0.25) is 11.8 Å². The Bertz CT molecular complexity index is 1830. The molecule has 14 heteroatoms. The van der Waals surface area contributed by atoms with E-state index in [2.05, 4.69) is 50.7 Å². The van der Waals surface area contributed by atoms with Gasteiger partial charge in [0, 0.05) is 48.8 Å². The summed E-state index contributed by atoms with van der Waals surface area (Å²) in [6, 6.07) is 19.5. The van der Waals surface area contributed by atoms with Gasteiger partial charge in [-0.1, -0.05) is 44.2 Å². The number of nitrogens with zero attached hydrogens (tertiary/aromatic N) is 2. The quantitative estimate of drug-likeness (QED) is 0.0434. The third kappa shape index (κ3) is 13.9. The number of benzene rings is 3. The zero-order valence-electron chi connectivity index (χ0n) is 34.2. The van der Waals surface area contributed by atoms with Crippen LogP contribution in [0.5, 0.6) is 0 Å². The van der Waals surface area contributed by atoms with E-state index in [1.165, 1.54) is 0 Å². The molecule has 1 aliphatic rings. The van der Waals surface area contributed by atoms with E-state index >= 15 is 0 Å². The highest BCUT2D eigenvalue weighted by molar-refractivity contribution is 6.00. The summed E-state index contributed by atoms with van der Waals surface area (Å²) < 4.78 is 5.36. The predicted octanol–water partition coefficient (Wildman–Crippen LogP) is 4.81. The van der Waals surface area contributed by atoms with E-state index in [4.69, 9.17) is 16.3 Å². The second-order valence-corrected chi connectivity index (χ2v) is 15.6. The molecule has 4 amide bonds. The molecule has 308 valence electrons. The Hall–Kier alpha value is -5.47. The third-order valence-corrected chi connectivity index (χ3v) is 10.2. The van der Waals surface area contributed by atoms with Crippen molar-refractivity contribution in [2.45, 2.75) is 85.3 Å². The lowest BCUT2D eigenvalue weighted by Crippen LogP contribution is -2.48. The SMILES string of the molecule is CCN(CC)CCNC(=O)c1ccc(C)c(-c2ccc(C[C@H](NC(=O)C3CCC(CNC(=O)OC(C)(C)C)CC3)C(=O)Nc3ccc(/C(N)=N/NN)cc3)cc2)c1. The Labute approximate surface area is 336 Å². The number of amides is 4. The maximum atomic E-state index is 13.8. The molecule has 57 heavy (non-hydrogen) atoms. The second-order valence-electron chi connectivity index (χ2n) is 15.6. The highest BCUT2D eigenvalue weighted by atomic mass is 16.6. The van der Waals surface area contributed by atoms with Crippen LogP contribution in [0.2, 0.25) is 0 Å². The molecule has 0 aliphatic heterocycles. The van der Waals surface area contributed by atoms with Gasteiger partial charge in [-0.3, -0.25) is 14.4 Å². The van der Waals surface area contributed by atoms with Crippen LogP contribution in [0, 0.1) is 18.8 Å². The number of rotatable bonds is 17. The van der Waals surface area contributed by atoms with Crippen LogP contribution in [0.15, 0.2) is 71.8 Å². The first-order valence-electron chi connectivity index (χ1n) is 19.9. The summed E-state index contributed by atoms with van der Waals surface area (Å²) in [6.07, 6.45) is 2.62. The van der Waals surface area contributed by atoms with Gasteiger partial charge in [-0.2, -0.15) is 0 Å². The van der Waals surface area contributed by atoms with Gasteiger partial charge in [-0.15, -0.1) is 5.10 Å². The van der Waals surface area contributed by atoms with Crippen molar-refractivity contribution in [3.63, 3.8) is 0 Å². The summed E-state index contributed by atoms with van der Waals surface area (Å²) in [5.41, 5.74) is 13.0. The van der Waals surface area contributed by atoms with Crippen LogP contribution >= 0.6 is 0 Å². The molecule has 1 atom stereocenters. The van der Waals surface area contributed by atoms with Crippen molar-refractivity contribution in [2.75, 3.05) is 38.0 Å². The molecule has 0 unspecified atom stereocenters. The first-order chi connectivity index (χ1) is 27.2. The van der Waals surface area contributed by atoms with Crippen molar-refractivity contribution in [3.05, 3.63) is 89.0 Å². The fraction of sp³-hybridized carbons (Fsp3) is 0.465. The van der Waals surface area contributed by atoms with E-state index in [0.29, 0.717) is 42.7 Å². The van der Waals surface area contributed by atoms with Gasteiger partial charge in [-0.05, 0) is 131 Å². The van der Waals surface area contributed by atoms with Crippen molar-refractivity contribution in [2.24, 2.45) is 28.5 Å².